The second-order valence-corrected chi connectivity index (χ2v) is 7.32. The third-order valence-corrected chi connectivity index (χ3v) is 4.98. The van der Waals surface area contributed by atoms with Gasteiger partial charge in [0.2, 0.25) is 0 Å². The van der Waals surface area contributed by atoms with Crippen molar-refractivity contribution < 1.29 is 5.11 Å². The standard InChI is InChI=1S/C16H32N2O/c1-16(2)8-4-14(5-9-16)17-10-3-11-18-12-6-15(19)7-13-18/h14-15,17,19H,3-13H2,1-2H3. The van der Waals surface area contributed by atoms with Crippen LogP contribution >= 0.6 is 0 Å². The average Bonchev–Trinajstić information content (AvgIpc) is 2.38. The Morgan fingerprint density at radius 2 is 1.74 bits per heavy atom. The maximum Gasteiger partial charge on any atom is 0.0564 e. The molecule has 0 bridgehead atoms. The summed E-state index contributed by atoms with van der Waals surface area (Å²) in [4.78, 5) is 2.50. The van der Waals surface area contributed by atoms with E-state index in [1.807, 2.05) is 0 Å². The van der Waals surface area contributed by atoms with E-state index in [2.05, 4.69) is 24.1 Å². The largest absolute Gasteiger partial charge is 0.393 e. The van der Waals surface area contributed by atoms with Gasteiger partial charge in [0.25, 0.3) is 0 Å². The first kappa shape index (κ1) is 15.3. The zero-order valence-corrected chi connectivity index (χ0v) is 12.8. The van der Waals surface area contributed by atoms with Crippen LogP contribution in [-0.2, 0) is 0 Å². The third kappa shape index (κ3) is 5.41. The molecule has 2 rings (SSSR count). The summed E-state index contributed by atoms with van der Waals surface area (Å²) in [6.45, 7) is 9.31. The van der Waals surface area contributed by atoms with Crippen LogP contribution in [0.2, 0.25) is 0 Å². The molecule has 0 radical (unpaired) electrons. The summed E-state index contributed by atoms with van der Waals surface area (Å²) in [6, 6.07) is 0.760. The summed E-state index contributed by atoms with van der Waals surface area (Å²) in [5.41, 5.74) is 0.576. The Kier molecular flexibility index (Phi) is 5.67. The molecule has 3 nitrogen and oxygen atoms in total. The SMILES string of the molecule is CC1(C)CCC(NCCCN2CCC(O)CC2)CC1. The van der Waals surface area contributed by atoms with Gasteiger partial charge in [0.1, 0.15) is 0 Å². The van der Waals surface area contributed by atoms with Crippen molar-refractivity contribution in [3.8, 4) is 0 Å². The predicted molar refractivity (Wildman–Crippen MR) is 80.3 cm³/mol. The Morgan fingerprint density at radius 1 is 1.11 bits per heavy atom. The normalized spacial score (nSPS) is 26.7. The van der Waals surface area contributed by atoms with Crippen LogP contribution in [0, 0.1) is 5.41 Å². The molecule has 0 atom stereocenters. The van der Waals surface area contributed by atoms with Gasteiger partial charge in [0, 0.05) is 19.1 Å². The highest BCUT2D eigenvalue weighted by Gasteiger charge is 2.26. The number of hydrogen-bond donors (Lipinski definition) is 2. The fourth-order valence-electron chi connectivity index (χ4n) is 3.36. The van der Waals surface area contributed by atoms with Gasteiger partial charge in [-0.2, -0.15) is 0 Å². The van der Waals surface area contributed by atoms with Crippen molar-refractivity contribution in [1.29, 1.82) is 0 Å². The number of rotatable bonds is 5. The summed E-state index contributed by atoms with van der Waals surface area (Å²) in [5.74, 6) is 0. The molecular formula is C16H32N2O. The quantitative estimate of drug-likeness (QED) is 0.752. The van der Waals surface area contributed by atoms with E-state index in [1.54, 1.807) is 0 Å². The molecule has 19 heavy (non-hydrogen) atoms. The number of nitrogens with zero attached hydrogens (tertiary/aromatic N) is 1. The molecule has 0 amide bonds. The lowest BCUT2D eigenvalue weighted by Gasteiger charge is -2.35. The molecule has 1 saturated carbocycles. The van der Waals surface area contributed by atoms with Crippen LogP contribution in [0.15, 0.2) is 0 Å². The number of hydrogen-bond acceptors (Lipinski definition) is 3. The molecule has 0 unspecified atom stereocenters. The summed E-state index contributed by atoms with van der Waals surface area (Å²) in [5, 5.41) is 13.2. The zero-order valence-electron chi connectivity index (χ0n) is 12.8. The molecule has 2 N–H and O–H groups in total. The second kappa shape index (κ2) is 7.05. The molecule has 3 heteroatoms. The van der Waals surface area contributed by atoms with Gasteiger partial charge in [-0.3, -0.25) is 0 Å². The van der Waals surface area contributed by atoms with Gasteiger partial charge in [-0.1, -0.05) is 13.8 Å². The number of aliphatic hydroxyl groups is 1. The number of piperidine rings is 1. The highest BCUT2D eigenvalue weighted by atomic mass is 16.3. The van der Waals surface area contributed by atoms with E-state index in [9.17, 15) is 5.11 Å². The van der Waals surface area contributed by atoms with Crippen LogP contribution in [0.25, 0.3) is 0 Å². The minimum Gasteiger partial charge on any atom is -0.393 e. The van der Waals surface area contributed by atoms with Gasteiger partial charge in [0.15, 0.2) is 0 Å². The molecule has 2 aliphatic rings. The molecule has 112 valence electrons. The van der Waals surface area contributed by atoms with Crippen molar-refractivity contribution in [2.45, 2.75) is 70.9 Å². The molecule has 1 aliphatic heterocycles. The van der Waals surface area contributed by atoms with Crippen molar-refractivity contribution >= 4 is 0 Å². The smallest absolute Gasteiger partial charge is 0.0564 e. The van der Waals surface area contributed by atoms with Crippen LogP contribution in [0.1, 0.15) is 58.8 Å². The van der Waals surface area contributed by atoms with Crippen LogP contribution < -0.4 is 5.32 Å². The summed E-state index contributed by atoms with van der Waals surface area (Å²) in [6.07, 6.45) is 8.57. The molecule has 1 saturated heterocycles. The van der Waals surface area contributed by atoms with Crippen LogP contribution in [-0.4, -0.2) is 48.3 Å². The number of aliphatic hydroxyl groups excluding tert-OH is 1. The maximum atomic E-state index is 9.47. The van der Waals surface area contributed by atoms with Gasteiger partial charge >= 0.3 is 0 Å². The number of likely N-dealkylation sites (tertiary alicyclic amines) is 1. The van der Waals surface area contributed by atoms with Crippen molar-refractivity contribution in [2.75, 3.05) is 26.2 Å². The molecule has 1 heterocycles. The summed E-state index contributed by atoms with van der Waals surface area (Å²) < 4.78 is 0. The molecule has 0 aromatic heterocycles. The topological polar surface area (TPSA) is 35.5 Å². The molecule has 1 aliphatic carbocycles. The highest BCUT2D eigenvalue weighted by molar-refractivity contribution is 4.82. The highest BCUT2D eigenvalue weighted by Crippen LogP contribution is 2.34. The van der Waals surface area contributed by atoms with Crippen molar-refractivity contribution in [1.82, 2.24) is 10.2 Å². The first-order valence-corrected chi connectivity index (χ1v) is 8.19. The first-order valence-electron chi connectivity index (χ1n) is 8.19. The molecule has 0 aromatic carbocycles. The van der Waals surface area contributed by atoms with Crippen molar-refractivity contribution in [2.24, 2.45) is 5.41 Å². The van der Waals surface area contributed by atoms with Gasteiger partial charge in [0.05, 0.1) is 6.10 Å². The van der Waals surface area contributed by atoms with Gasteiger partial charge in [-0.05, 0) is 63.5 Å². The minimum absolute atomic E-state index is 0.0417. The van der Waals surface area contributed by atoms with E-state index in [-0.39, 0.29) is 6.10 Å². The lowest BCUT2D eigenvalue weighted by atomic mass is 9.75. The van der Waals surface area contributed by atoms with Crippen LogP contribution in [0.3, 0.4) is 0 Å². The van der Waals surface area contributed by atoms with E-state index in [1.165, 1.54) is 38.6 Å². The maximum absolute atomic E-state index is 9.47. The Hall–Kier alpha value is -0.120. The van der Waals surface area contributed by atoms with E-state index >= 15 is 0 Å². The average molecular weight is 268 g/mol. The fourth-order valence-corrected chi connectivity index (χ4v) is 3.36. The third-order valence-electron chi connectivity index (χ3n) is 4.98. The lowest BCUT2D eigenvalue weighted by Crippen LogP contribution is -2.39. The van der Waals surface area contributed by atoms with Crippen molar-refractivity contribution in [3.63, 3.8) is 0 Å². The van der Waals surface area contributed by atoms with Gasteiger partial charge in [-0.25, -0.2) is 0 Å². The molecule has 0 spiro atoms. The van der Waals surface area contributed by atoms with E-state index in [4.69, 9.17) is 0 Å². The Morgan fingerprint density at radius 3 is 2.37 bits per heavy atom. The van der Waals surface area contributed by atoms with Gasteiger partial charge in [-0.15, -0.1) is 0 Å². The van der Waals surface area contributed by atoms with Crippen molar-refractivity contribution in [3.05, 3.63) is 0 Å². The predicted octanol–water partition coefficient (Wildman–Crippen LogP) is 2.39. The molecule has 0 aromatic rings. The zero-order chi connectivity index (χ0) is 13.7. The van der Waals surface area contributed by atoms with E-state index in [0.717, 1.165) is 38.5 Å². The summed E-state index contributed by atoms with van der Waals surface area (Å²) in [7, 11) is 0. The minimum atomic E-state index is -0.0417. The first-order chi connectivity index (χ1) is 9.05. The Balaban J connectivity index is 1.50. The Labute approximate surface area is 118 Å². The fraction of sp³-hybridized carbons (Fsp3) is 1.00. The number of nitrogens with one attached hydrogen (secondary N) is 1. The van der Waals surface area contributed by atoms with Gasteiger partial charge < -0.3 is 15.3 Å². The van der Waals surface area contributed by atoms with E-state index in [0.29, 0.717) is 5.41 Å². The van der Waals surface area contributed by atoms with Crippen LogP contribution in [0.4, 0.5) is 0 Å². The van der Waals surface area contributed by atoms with Crippen LogP contribution in [0.5, 0.6) is 0 Å². The van der Waals surface area contributed by atoms with E-state index < -0.39 is 0 Å². The monoisotopic (exact) mass is 268 g/mol. The molecular weight excluding hydrogens is 236 g/mol. The molecule has 2 fully saturated rings. The second-order valence-electron chi connectivity index (χ2n) is 7.32. The summed E-state index contributed by atoms with van der Waals surface area (Å²) >= 11 is 0. The lowest BCUT2D eigenvalue weighted by molar-refractivity contribution is 0.0818. The Bertz CT molecular complexity index is 249.